The predicted octanol–water partition coefficient (Wildman–Crippen LogP) is 3.58. The first kappa shape index (κ1) is 14.3. The standard InChI is InChI=1S/C16H19ClOSi/c17-13-18-11-12-19-16(14-7-3-1-4-8-14)15-9-5-2-6-10-15/h1-10,16H,11-13,19H2. The molecule has 2 aromatic carbocycles. The summed E-state index contributed by atoms with van der Waals surface area (Å²) in [5.74, 6) is 0. The molecule has 19 heavy (non-hydrogen) atoms. The Morgan fingerprint density at radius 3 is 1.89 bits per heavy atom. The molecule has 0 spiro atoms. The molecule has 0 radical (unpaired) electrons. The summed E-state index contributed by atoms with van der Waals surface area (Å²) in [5.41, 5.74) is 3.42. The summed E-state index contributed by atoms with van der Waals surface area (Å²) in [4.78, 5) is 0. The lowest BCUT2D eigenvalue weighted by Gasteiger charge is -2.17. The summed E-state index contributed by atoms with van der Waals surface area (Å²) >= 11 is 5.54. The van der Waals surface area contributed by atoms with Crippen LogP contribution in [0.5, 0.6) is 0 Å². The van der Waals surface area contributed by atoms with Gasteiger partial charge in [-0.05, 0) is 22.7 Å². The average Bonchev–Trinajstić information content (AvgIpc) is 2.49. The monoisotopic (exact) mass is 290 g/mol. The number of alkyl halides is 1. The molecule has 100 valence electrons. The van der Waals surface area contributed by atoms with Gasteiger partial charge in [0.2, 0.25) is 0 Å². The summed E-state index contributed by atoms with van der Waals surface area (Å²) < 4.78 is 5.26. The first-order valence-corrected chi connectivity index (χ1v) is 9.00. The van der Waals surface area contributed by atoms with Gasteiger partial charge >= 0.3 is 0 Å². The summed E-state index contributed by atoms with van der Waals surface area (Å²) in [6, 6.07) is 23.0. The number of rotatable bonds is 7. The van der Waals surface area contributed by atoms with Crippen LogP contribution < -0.4 is 0 Å². The van der Waals surface area contributed by atoms with Crippen molar-refractivity contribution in [3.8, 4) is 0 Å². The third-order valence-corrected chi connectivity index (χ3v) is 5.63. The van der Waals surface area contributed by atoms with E-state index in [-0.39, 0.29) is 9.52 Å². The highest BCUT2D eigenvalue weighted by Crippen LogP contribution is 2.24. The Bertz CT molecular complexity index is 421. The second kappa shape index (κ2) is 8.15. The van der Waals surface area contributed by atoms with E-state index in [0.717, 1.165) is 12.7 Å². The van der Waals surface area contributed by atoms with Crippen LogP contribution in [0.3, 0.4) is 0 Å². The molecule has 0 aromatic heterocycles. The SMILES string of the molecule is ClCOCC[SiH2]C(c1ccccc1)c1ccccc1. The van der Waals surface area contributed by atoms with Crippen LogP contribution in [0, 0.1) is 0 Å². The average molecular weight is 291 g/mol. The van der Waals surface area contributed by atoms with Crippen molar-refractivity contribution < 1.29 is 4.74 Å². The molecule has 0 unspecified atom stereocenters. The number of ether oxygens (including phenoxy) is 1. The fourth-order valence-corrected chi connectivity index (χ4v) is 4.44. The quantitative estimate of drug-likeness (QED) is 0.430. The molecule has 0 aliphatic carbocycles. The summed E-state index contributed by atoms with van der Waals surface area (Å²) in [5, 5.41) is 0. The van der Waals surface area contributed by atoms with Gasteiger partial charge in [0.05, 0.1) is 0 Å². The molecule has 0 heterocycles. The van der Waals surface area contributed by atoms with Crippen LogP contribution in [0.15, 0.2) is 60.7 Å². The van der Waals surface area contributed by atoms with E-state index < -0.39 is 0 Å². The molecule has 0 fully saturated rings. The number of hydrogen-bond donors (Lipinski definition) is 0. The first-order chi connectivity index (χ1) is 9.42. The molecule has 0 atom stereocenters. The van der Waals surface area contributed by atoms with Gasteiger partial charge in [0.1, 0.15) is 6.07 Å². The lowest BCUT2D eigenvalue weighted by molar-refractivity contribution is 0.195. The Labute approximate surface area is 122 Å². The molecule has 2 rings (SSSR count). The zero-order chi connectivity index (χ0) is 13.3. The van der Waals surface area contributed by atoms with Crippen LogP contribution in [0.25, 0.3) is 0 Å². The fourth-order valence-electron chi connectivity index (χ4n) is 2.34. The Morgan fingerprint density at radius 2 is 1.42 bits per heavy atom. The topological polar surface area (TPSA) is 9.23 Å². The molecule has 0 N–H and O–H groups in total. The molecular formula is C16H19ClOSi. The Kier molecular flexibility index (Phi) is 6.14. The highest BCUT2D eigenvalue weighted by Gasteiger charge is 2.13. The van der Waals surface area contributed by atoms with Crippen molar-refractivity contribution in [3.63, 3.8) is 0 Å². The van der Waals surface area contributed by atoms with E-state index >= 15 is 0 Å². The molecular weight excluding hydrogens is 272 g/mol. The molecule has 2 aromatic rings. The van der Waals surface area contributed by atoms with Crippen molar-refractivity contribution in [2.75, 3.05) is 12.7 Å². The Hall–Kier alpha value is -1.09. The minimum absolute atomic E-state index is 0.275. The molecule has 0 aliphatic rings. The minimum Gasteiger partial charge on any atom is -0.366 e. The highest BCUT2D eigenvalue weighted by molar-refractivity contribution is 6.39. The number of hydrogen-bond acceptors (Lipinski definition) is 1. The van der Waals surface area contributed by atoms with E-state index in [1.165, 1.54) is 11.1 Å². The van der Waals surface area contributed by atoms with E-state index in [4.69, 9.17) is 16.3 Å². The summed E-state index contributed by atoms with van der Waals surface area (Å²) in [6.45, 7) is 0.784. The van der Waals surface area contributed by atoms with E-state index in [1.807, 2.05) is 0 Å². The Morgan fingerprint density at radius 1 is 0.895 bits per heavy atom. The van der Waals surface area contributed by atoms with Gasteiger partial charge in [-0.1, -0.05) is 72.3 Å². The minimum atomic E-state index is -0.275. The molecule has 1 nitrogen and oxygen atoms in total. The van der Waals surface area contributed by atoms with Crippen LogP contribution >= 0.6 is 11.6 Å². The van der Waals surface area contributed by atoms with Gasteiger partial charge < -0.3 is 4.74 Å². The van der Waals surface area contributed by atoms with Crippen molar-refractivity contribution in [1.29, 1.82) is 0 Å². The van der Waals surface area contributed by atoms with Crippen molar-refractivity contribution in [1.82, 2.24) is 0 Å². The zero-order valence-corrected chi connectivity index (χ0v) is 13.1. The molecule has 0 aliphatic heterocycles. The summed E-state index contributed by atoms with van der Waals surface area (Å²) in [7, 11) is -0.275. The zero-order valence-electron chi connectivity index (χ0n) is 11.0. The van der Waals surface area contributed by atoms with E-state index in [2.05, 4.69) is 60.7 Å². The van der Waals surface area contributed by atoms with Crippen molar-refractivity contribution in [3.05, 3.63) is 71.8 Å². The number of halogens is 1. The smallest absolute Gasteiger partial charge is 0.120 e. The van der Waals surface area contributed by atoms with Crippen LogP contribution in [0.2, 0.25) is 6.04 Å². The summed E-state index contributed by atoms with van der Waals surface area (Å²) in [6.07, 6.45) is 0. The lowest BCUT2D eigenvalue weighted by Crippen LogP contribution is -2.11. The fraction of sp³-hybridized carbons (Fsp3) is 0.250. The van der Waals surface area contributed by atoms with Crippen LogP contribution in [0.1, 0.15) is 16.7 Å². The van der Waals surface area contributed by atoms with Gasteiger partial charge in [0.15, 0.2) is 0 Å². The van der Waals surface area contributed by atoms with Crippen LogP contribution in [-0.2, 0) is 4.74 Å². The maximum Gasteiger partial charge on any atom is 0.120 e. The van der Waals surface area contributed by atoms with Crippen molar-refractivity contribution in [2.45, 2.75) is 11.6 Å². The van der Waals surface area contributed by atoms with E-state index in [9.17, 15) is 0 Å². The maximum atomic E-state index is 5.54. The predicted molar refractivity (Wildman–Crippen MR) is 84.8 cm³/mol. The molecule has 0 saturated carbocycles. The largest absolute Gasteiger partial charge is 0.366 e. The second-order valence-corrected chi connectivity index (χ2v) is 6.85. The third kappa shape index (κ3) is 4.50. The van der Waals surface area contributed by atoms with Crippen LogP contribution in [-0.4, -0.2) is 22.2 Å². The van der Waals surface area contributed by atoms with E-state index in [1.54, 1.807) is 0 Å². The molecule has 0 saturated heterocycles. The first-order valence-electron chi connectivity index (χ1n) is 6.65. The van der Waals surface area contributed by atoms with Gasteiger partial charge in [-0.2, -0.15) is 0 Å². The number of benzene rings is 2. The molecule has 0 bridgehead atoms. The molecule has 0 amide bonds. The third-order valence-electron chi connectivity index (χ3n) is 3.26. The van der Waals surface area contributed by atoms with E-state index in [0.29, 0.717) is 11.6 Å². The van der Waals surface area contributed by atoms with Gasteiger partial charge in [0, 0.05) is 16.1 Å². The van der Waals surface area contributed by atoms with Crippen molar-refractivity contribution in [2.24, 2.45) is 0 Å². The maximum absolute atomic E-state index is 5.54. The van der Waals surface area contributed by atoms with Gasteiger partial charge in [-0.3, -0.25) is 0 Å². The van der Waals surface area contributed by atoms with Gasteiger partial charge in [-0.25, -0.2) is 0 Å². The van der Waals surface area contributed by atoms with Gasteiger partial charge in [-0.15, -0.1) is 0 Å². The highest BCUT2D eigenvalue weighted by atomic mass is 35.5. The normalized spacial score (nSPS) is 11.5. The van der Waals surface area contributed by atoms with Crippen molar-refractivity contribution >= 4 is 21.1 Å². The lowest BCUT2D eigenvalue weighted by atomic mass is 10.0. The molecule has 3 heteroatoms. The van der Waals surface area contributed by atoms with Gasteiger partial charge in [0.25, 0.3) is 0 Å². The second-order valence-electron chi connectivity index (χ2n) is 4.53. The Balaban J connectivity index is 2.10. The van der Waals surface area contributed by atoms with Crippen LogP contribution in [0.4, 0.5) is 0 Å².